The molecule has 0 fully saturated rings. The highest BCUT2D eigenvalue weighted by atomic mass is 35.5. The first-order valence-electron chi connectivity index (χ1n) is 4.77. The molecule has 2 nitrogen and oxygen atoms in total. The summed E-state index contributed by atoms with van der Waals surface area (Å²) in [5.74, 6) is 0.620. The molecule has 0 radical (unpaired) electrons. The summed E-state index contributed by atoms with van der Waals surface area (Å²) < 4.78 is 0. The molecule has 0 heterocycles. The van der Waals surface area contributed by atoms with Crippen LogP contribution in [0.1, 0.15) is 13.8 Å². The molecule has 1 aromatic carbocycles. The largest absolute Gasteiger partial charge is 0.397 e. The van der Waals surface area contributed by atoms with Gasteiger partial charge in [-0.25, -0.2) is 0 Å². The van der Waals surface area contributed by atoms with Crippen molar-refractivity contribution < 1.29 is 0 Å². The van der Waals surface area contributed by atoms with Crippen LogP contribution in [0.3, 0.4) is 0 Å². The molecule has 1 aromatic rings. The summed E-state index contributed by atoms with van der Waals surface area (Å²) in [7, 11) is 2.04. The van der Waals surface area contributed by atoms with Gasteiger partial charge < -0.3 is 10.6 Å². The lowest BCUT2D eigenvalue weighted by atomic mass is 10.2. The van der Waals surface area contributed by atoms with Crippen molar-refractivity contribution in [2.45, 2.75) is 13.8 Å². The van der Waals surface area contributed by atoms with E-state index in [4.69, 9.17) is 17.3 Å². The maximum atomic E-state index is 5.87. The molecule has 78 valence electrons. The van der Waals surface area contributed by atoms with Crippen LogP contribution in [-0.2, 0) is 0 Å². The topological polar surface area (TPSA) is 29.3 Å². The smallest absolute Gasteiger partial charge is 0.0598 e. The molecular formula is C11H17ClN2. The second-order valence-corrected chi connectivity index (χ2v) is 4.41. The van der Waals surface area contributed by atoms with E-state index in [-0.39, 0.29) is 0 Å². The predicted molar refractivity (Wildman–Crippen MR) is 64.0 cm³/mol. The van der Waals surface area contributed by atoms with E-state index >= 15 is 0 Å². The highest BCUT2D eigenvalue weighted by molar-refractivity contribution is 6.31. The van der Waals surface area contributed by atoms with E-state index in [1.807, 2.05) is 19.2 Å². The molecule has 1 rings (SSSR count). The van der Waals surface area contributed by atoms with Crippen LogP contribution in [-0.4, -0.2) is 13.6 Å². The first-order chi connectivity index (χ1) is 6.50. The summed E-state index contributed by atoms with van der Waals surface area (Å²) >= 11 is 5.83. The number of rotatable bonds is 3. The Hall–Kier alpha value is -0.890. The van der Waals surface area contributed by atoms with Crippen molar-refractivity contribution in [3.8, 4) is 0 Å². The van der Waals surface area contributed by atoms with Crippen LogP contribution in [0.4, 0.5) is 11.4 Å². The summed E-state index contributed by atoms with van der Waals surface area (Å²) in [5.41, 5.74) is 7.65. The van der Waals surface area contributed by atoms with Crippen molar-refractivity contribution in [2.24, 2.45) is 5.92 Å². The molecule has 0 amide bonds. The van der Waals surface area contributed by atoms with E-state index in [0.29, 0.717) is 10.9 Å². The Kier molecular flexibility index (Phi) is 3.64. The minimum Gasteiger partial charge on any atom is -0.397 e. The van der Waals surface area contributed by atoms with Crippen LogP contribution in [0.25, 0.3) is 0 Å². The zero-order valence-electron chi connectivity index (χ0n) is 8.92. The fourth-order valence-electron chi connectivity index (χ4n) is 1.52. The summed E-state index contributed by atoms with van der Waals surface area (Å²) in [5, 5.41) is 0.684. The minimum atomic E-state index is 0.620. The van der Waals surface area contributed by atoms with Crippen LogP contribution < -0.4 is 10.6 Å². The Morgan fingerprint density at radius 2 is 2.07 bits per heavy atom. The van der Waals surface area contributed by atoms with E-state index in [9.17, 15) is 0 Å². The van der Waals surface area contributed by atoms with Crippen molar-refractivity contribution in [1.29, 1.82) is 0 Å². The van der Waals surface area contributed by atoms with Gasteiger partial charge in [0.1, 0.15) is 0 Å². The number of halogens is 1. The Labute approximate surface area is 90.7 Å². The molecule has 0 unspecified atom stereocenters. The van der Waals surface area contributed by atoms with Gasteiger partial charge in [0.2, 0.25) is 0 Å². The molecule has 0 bridgehead atoms. The number of anilines is 2. The standard InChI is InChI=1S/C11H17ClN2/c1-8(2)7-14(3)11-5-4-9(12)6-10(11)13/h4-6,8H,7,13H2,1-3H3. The number of hydrogen-bond acceptors (Lipinski definition) is 2. The van der Waals surface area contributed by atoms with Gasteiger partial charge in [-0.3, -0.25) is 0 Å². The lowest BCUT2D eigenvalue weighted by Gasteiger charge is -2.23. The lowest BCUT2D eigenvalue weighted by molar-refractivity contribution is 0.639. The van der Waals surface area contributed by atoms with Gasteiger partial charge in [-0.15, -0.1) is 0 Å². The monoisotopic (exact) mass is 212 g/mol. The van der Waals surface area contributed by atoms with Gasteiger partial charge >= 0.3 is 0 Å². The number of benzene rings is 1. The van der Waals surface area contributed by atoms with Crippen LogP contribution >= 0.6 is 11.6 Å². The Bertz CT molecular complexity index is 310. The minimum absolute atomic E-state index is 0.620. The zero-order valence-corrected chi connectivity index (χ0v) is 9.67. The van der Waals surface area contributed by atoms with Crippen molar-refractivity contribution >= 4 is 23.0 Å². The second-order valence-electron chi connectivity index (χ2n) is 3.98. The van der Waals surface area contributed by atoms with Gasteiger partial charge in [0, 0.05) is 18.6 Å². The molecule has 0 aliphatic rings. The summed E-state index contributed by atoms with van der Waals surface area (Å²) in [6.45, 7) is 5.36. The third kappa shape index (κ3) is 2.81. The maximum Gasteiger partial charge on any atom is 0.0598 e. The zero-order chi connectivity index (χ0) is 10.7. The quantitative estimate of drug-likeness (QED) is 0.781. The van der Waals surface area contributed by atoms with E-state index in [0.717, 1.165) is 17.9 Å². The SMILES string of the molecule is CC(C)CN(C)c1ccc(Cl)cc1N. The van der Waals surface area contributed by atoms with E-state index < -0.39 is 0 Å². The normalized spacial score (nSPS) is 10.6. The van der Waals surface area contributed by atoms with Gasteiger partial charge in [-0.1, -0.05) is 25.4 Å². The average molecular weight is 213 g/mol. The molecule has 0 aliphatic carbocycles. The molecule has 14 heavy (non-hydrogen) atoms. The van der Waals surface area contributed by atoms with E-state index in [1.165, 1.54) is 0 Å². The summed E-state index contributed by atoms with van der Waals surface area (Å²) in [6, 6.07) is 5.61. The van der Waals surface area contributed by atoms with Crippen LogP contribution in [0, 0.1) is 5.92 Å². The van der Waals surface area contributed by atoms with Gasteiger partial charge in [0.15, 0.2) is 0 Å². The first-order valence-corrected chi connectivity index (χ1v) is 5.14. The van der Waals surface area contributed by atoms with E-state index in [1.54, 1.807) is 6.07 Å². The van der Waals surface area contributed by atoms with Gasteiger partial charge in [0.25, 0.3) is 0 Å². The van der Waals surface area contributed by atoms with Gasteiger partial charge in [-0.2, -0.15) is 0 Å². The Morgan fingerprint density at radius 1 is 1.43 bits per heavy atom. The number of nitrogens with two attached hydrogens (primary N) is 1. The summed E-state index contributed by atoms with van der Waals surface area (Å²) in [4.78, 5) is 2.15. The molecule has 0 aromatic heterocycles. The lowest BCUT2D eigenvalue weighted by Crippen LogP contribution is -2.23. The van der Waals surface area contributed by atoms with Crippen LogP contribution in [0.15, 0.2) is 18.2 Å². The molecule has 2 N–H and O–H groups in total. The Morgan fingerprint density at radius 3 is 2.57 bits per heavy atom. The van der Waals surface area contributed by atoms with Crippen molar-refractivity contribution in [3.63, 3.8) is 0 Å². The highest BCUT2D eigenvalue weighted by Crippen LogP contribution is 2.25. The van der Waals surface area contributed by atoms with E-state index in [2.05, 4.69) is 18.7 Å². The fourth-order valence-corrected chi connectivity index (χ4v) is 1.70. The molecule has 0 spiro atoms. The van der Waals surface area contributed by atoms with Gasteiger partial charge in [0.05, 0.1) is 11.4 Å². The van der Waals surface area contributed by atoms with Gasteiger partial charge in [-0.05, 0) is 24.1 Å². The summed E-state index contributed by atoms with van der Waals surface area (Å²) in [6.07, 6.45) is 0. The molecule has 0 saturated heterocycles. The molecule has 0 aliphatic heterocycles. The number of hydrogen-bond donors (Lipinski definition) is 1. The predicted octanol–water partition coefficient (Wildman–Crippen LogP) is 3.01. The van der Waals surface area contributed by atoms with Crippen LogP contribution in [0.5, 0.6) is 0 Å². The Balaban J connectivity index is 2.84. The van der Waals surface area contributed by atoms with Crippen molar-refractivity contribution in [2.75, 3.05) is 24.2 Å². The second kappa shape index (κ2) is 4.56. The third-order valence-corrected chi connectivity index (χ3v) is 2.27. The third-order valence-electron chi connectivity index (χ3n) is 2.04. The molecule has 3 heteroatoms. The average Bonchev–Trinajstić information content (AvgIpc) is 2.01. The van der Waals surface area contributed by atoms with Crippen molar-refractivity contribution in [3.05, 3.63) is 23.2 Å². The first kappa shape index (κ1) is 11.2. The molecule has 0 saturated carbocycles. The van der Waals surface area contributed by atoms with Crippen LogP contribution in [0.2, 0.25) is 5.02 Å². The molecular weight excluding hydrogens is 196 g/mol. The fraction of sp³-hybridized carbons (Fsp3) is 0.455. The number of nitrogens with zero attached hydrogens (tertiary/aromatic N) is 1. The molecule has 0 atom stereocenters. The number of nitrogen functional groups attached to an aromatic ring is 1. The van der Waals surface area contributed by atoms with Crippen molar-refractivity contribution in [1.82, 2.24) is 0 Å². The highest BCUT2D eigenvalue weighted by Gasteiger charge is 2.06. The maximum absolute atomic E-state index is 5.87.